The predicted molar refractivity (Wildman–Crippen MR) is 125 cm³/mol. The van der Waals surface area contributed by atoms with E-state index in [0.717, 1.165) is 23.2 Å². The van der Waals surface area contributed by atoms with Gasteiger partial charge in [-0.2, -0.15) is 5.10 Å². The number of para-hydroxylation sites is 1. The molecule has 0 radical (unpaired) electrons. The molecule has 1 amide bonds. The molecular weight excluding hydrogens is 443 g/mol. The lowest BCUT2D eigenvalue weighted by atomic mass is 9.87. The third-order valence-electron chi connectivity index (χ3n) is 5.37. The van der Waals surface area contributed by atoms with Gasteiger partial charge in [-0.05, 0) is 46.9 Å². The van der Waals surface area contributed by atoms with Crippen LogP contribution in [0, 0.1) is 0 Å². The van der Waals surface area contributed by atoms with Crippen LogP contribution in [0.5, 0.6) is 5.75 Å². The summed E-state index contributed by atoms with van der Waals surface area (Å²) in [6.45, 7) is 6.96. The topological polar surface area (TPSA) is 56.2 Å². The molecule has 3 aromatic carbocycles. The van der Waals surface area contributed by atoms with E-state index in [1.54, 1.807) is 4.68 Å². The Morgan fingerprint density at radius 2 is 1.59 bits per heavy atom. The number of amides is 1. The molecule has 34 heavy (non-hydrogen) atoms. The van der Waals surface area contributed by atoms with Gasteiger partial charge in [0.25, 0.3) is 5.91 Å². The van der Waals surface area contributed by atoms with E-state index in [4.69, 9.17) is 0 Å². The van der Waals surface area contributed by atoms with E-state index < -0.39 is 12.3 Å². The van der Waals surface area contributed by atoms with Crippen LogP contribution < -0.4 is 10.1 Å². The average molecular weight is 467 g/mol. The van der Waals surface area contributed by atoms with Gasteiger partial charge in [0.15, 0.2) is 5.69 Å². The fourth-order valence-electron chi connectivity index (χ4n) is 3.63. The van der Waals surface area contributed by atoms with Gasteiger partial charge in [-0.3, -0.25) is 9.48 Å². The normalized spacial score (nSPS) is 12.1. The van der Waals surface area contributed by atoms with Crippen molar-refractivity contribution >= 4 is 22.5 Å². The highest BCUT2D eigenvalue weighted by Gasteiger charge is 2.31. The number of anilines is 1. The quantitative estimate of drug-likeness (QED) is 0.363. The largest absolute Gasteiger partial charge is 0.573 e. The van der Waals surface area contributed by atoms with Crippen LogP contribution in [-0.2, 0) is 12.0 Å². The van der Waals surface area contributed by atoms with Gasteiger partial charge in [-0.15, -0.1) is 13.2 Å². The molecule has 0 unspecified atom stereocenters. The first-order valence-electron chi connectivity index (χ1n) is 10.7. The fraction of sp³-hybridized carbons (Fsp3) is 0.231. The molecule has 0 fully saturated rings. The van der Waals surface area contributed by atoms with E-state index in [2.05, 4.69) is 60.2 Å². The summed E-state index contributed by atoms with van der Waals surface area (Å²) in [4.78, 5) is 13.0. The van der Waals surface area contributed by atoms with Crippen LogP contribution in [0.4, 0.5) is 18.9 Å². The van der Waals surface area contributed by atoms with E-state index in [0.29, 0.717) is 17.6 Å². The van der Waals surface area contributed by atoms with Gasteiger partial charge in [0.05, 0.1) is 12.1 Å². The van der Waals surface area contributed by atoms with Gasteiger partial charge in [0, 0.05) is 11.1 Å². The number of aromatic nitrogens is 2. The Hall–Kier alpha value is -3.81. The van der Waals surface area contributed by atoms with Crippen molar-refractivity contribution < 1.29 is 22.7 Å². The third-order valence-corrected chi connectivity index (χ3v) is 5.37. The van der Waals surface area contributed by atoms with E-state index in [1.165, 1.54) is 17.7 Å². The van der Waals surface area contributed by atoms with Crippen LogP contribution in [0.25, 0.3) is 10.9 Å². The molecule has 1 heterocycles. The average Bonchev–Trinajstić information content (AvgIpc) is 3.12. The van der Waals surface area contributed by atoms with Crippen molar-refractivity contribution in [2.45, 2.75) is 39.1 Å². The Morgan fingerprint density at radius 1 is 0.941 bits per heavy atom. The summed E-state index contributed by atoms with van der Waals surface area (Å²) in [6.07, 6.45) is -4.77. The number of carbonyl (C=O) groups is 1. The van der Waals surface area contributed by atoms with E-state index in [-0.39, 0.29) is 16.9 Å². The Balaban J connectivity index is 1.56. The van der Waals surface area contributed by atoms with Crippen molar-refractivity contribution in [3.63, 3.8) is 0 Å². The predicted octanol–water partition coefficient (Wildman–Crippen LogP) is 6.53. The minimum Gasteiger partial charge on any atom is -0.406 e. The van der Waals surface area contributed by atoms with Gasteiger partial charge < -0.3 is 10.1 Å². The maximum absolute atomic E-state index is 13.0. The molecule has 4 rings (SSSR count). The van der Waals surface area contributed by atoms with Gasteiger partial charge in [-0.1, -0.05) is 63.2 Å². The van der Waals surface area contributed by atoms with Crippen LogP contribution in [0.2, 0.25) is 0 Å². The SMILES string of the molecule is CC(C)(C)c1ccc(Cn2nc(C(=O)Nc3ccc(OC(F)(F)F)cc3)c3ccccc32)cc1. The van der Waals surface area contributed by atoms with Crippen LogP contribution in [0.3, 0.4) is 0 Å². The van der Waals surface area contributed by atoms with Gasteiger partial charge in [0.1, 0.15) is 5.75 Å². The van der Waals surface area contributed by atoms with Crippen molar-refractivity contribution in [1.82, 2.24) is 9.78 Å². The number of fused-ring (bicyclic) bond motifs is 1. The molecule has 1 aromatic heterocycles. The second-order valence-electron chi connectivity index (χ2n) is 9.00. The summed E-state index contributed by atoms with van der Waals surface area (Å²) < 4.78 is 42.7. The first kappa shape index (κ1) is 23.4. The van der Waals surface area contributed by atoms with E-state index >= 15 is 0 Å². The summed E-state index contributed by atoms with van der Waals surface area (Å²) in [7, 11) is 0. The molecule has 0 aliphatic heterocycles. The number of nitrogens with one attached hydrogen (secondary N) is 1. The number of benzene rings is 3. The first-order chi connectivity index (χ1) is 16.0. The highest BCUT2D eigenvalue weighted by atomic mass is 19.4. The van der Waals surface area contributed by atoms with Gasteiger partial charge in [0.2, 0.25) is 0 Å². The number of carbonyl (C=O) groups excluding carboxylic acids is 1. The molecule has 0 atom stereocenters. The van der Waals surface area contributed by atoms with Crippen LogP contribution >= 0.6 is 0 Å². The molecule has 0 saturated carbocycles. The van der Waals surface area contributed by atoms with Crippen molar-refractivity contribution in [2.24, 2.45) is 0 Å². The zero-order valence-electron chi connectivity index (χ0n) is 19.0. The number of hydrogen-bond acceptors (Lipinski definition) is 3. The number of ether oxygens (including phenoxy) is 1. The standard InChI is InChI=1S/C26H24F3N3O2/c1-25(2,3)18-10-8-17(9-11-18)16-32-22-7-5-4-6-21(22)23(31-32)24(33)30-19-12-14-20(15-13-19)34-26(27,28)29/h4-15H,16H2,1-3H3,(H,30,33). The molecule has 0 aliphatic carbocycles. The number of alkyl halides is 3. The minimum absolute atomic E-state index is 0.0548. The number of hydrogen-bond donors (Lipinski definition) is 1. The number of rotatable bonds is 5. The molecular formula is C26H24F3N3O2. The zero-order chi connectivity index (χ0) is 24.5. The molecule has 0 aliphatic rings. The molecule has 0 saturated heterocycles. The van der Waals surface area contributed by atoms with E-state index in [1.807, 2.05) is 24.3 Å². The molecule has 1 N–H and O–H groups in total. The lowest BCUT2D eigenvalue weighted by molar-refractivity contribution is -0.274. The molecule has 4 aromatic rings. The Bertz CT molecular complexity index is 1300. The highest BCUT2D eigenvalue weighted by Crippen LogP contribution is 2.26. The van der Waals surface area contributed by atoms with Crippen molar-refractivity contribution in [3.8, 4) is 5.75 Å². The van der Waals surface area contributed by atoms with Crippen molar-refractivity contribution in [1.29, 1.82) is 0 Å². The monoisotopic (exact) mass is 467 g/mol. The fourth-order valence-corrected chi connectivity index (χ4v) is 3.63. The maximum Gasteiger partial charge on any atom is 0.573 e. The zero-order valence-corrected chi connectivity index (χ0v) is 19.0. The molecule has 8 heteroatoms. The third kappa shape index (κ3) is 5.39. The summed E-state index contributed by atoms with van der Waals surface area (Å²) in [5.74, 6) is -0.819. The Labute approximate surface area is 195 Å². The van der Waals surface area contributed by atoms with Crippen LogP contribution in [0.1, 0.15) is 42.4 Å². The van der Waals surface area contributed by atoms with Crippen LogP contribution in [-0.4, -0.2) is 22.1 Å². The Kier molecular flexibility index (Phi) is 6.08. The molecule has 176 valence electrons. The second-order valence-corrected chi connectivity index (χ2v) is 9.00. The summed E-state index contributed by atoms with van der Waals surface area (Å²) in [5, 5.41) is 7.92. The van der Waals surface area contributed by atoms with Gasteiger partial charge >= 0.3 is 6.36 Å². The second kappa shape index (κ2) is 8.85. The Morgan fingerprint density at radius 3 is 2.21 bits per heavy atom. The minimum atomic E-state index is -4.77. The lowest BCUT2D eigenvalue weighted by Crippen LogP contribution is -2.17. The summed E-state index contributed by atoms with van der Waals surface area (Å²) in [5.41, 5.74) is 3.70. The number of halogens is 3. The maximum atomic E-state index is 13.0. The lowest BCUT2D eigenvalue weighted by Gasteiger charge is -2.19. The highest BCUT2D eigenvalue weighted by molar-refractivity contribution is 6.11. The van der Waals surface area contributed by atoms with E-state index in [9.17, 15) is 18.0 Å². The molecule has 0 bridgehead atoms. The summed E-state index contributed by atoms with van der Waals surface area (Å²) in [6, 6.07) is 20.7. The first-order valence-corrected chi connectivity index (χ1v) is 10.7. The summed E-state index contributed by atoms with van der Waals surface area (Å²) >= 11 is 0. The van der Waals surface area contributed by atoms with Crippen LogP contribution in [0.15, 0.2) is 72.8 Å². The van der Waals surface area contributed by atoms with Crippen molar-refractivity contribution in [3.05, 3.63) is 89.6 Å². The smallest absolute Gasteiger partial charge is 0.406 e. The van der Waals surface area contributed by atoms with Gasteiger partial charge in [-0.25, -0.2) is 0 Å². The molecule has 0 spiro atoms. The number of nitrogens with zero attached hydrogens (tertiary/aromatic N) is 2. The van der Waals surface area contributed by atoms with Crippen molar-refractivity contribution in [2.75, 3.05) is 5.32 Å². The molecule has 5 nitrogen and oxygen atoms in total.